The Labute approximate surface area is 108 Å². The summed E-state index contributed by atoms with van der Waals surface area (Å²) in [6, 6.07) is 7.02. The van der Waals surface area contributed by atoms with Gasteiger partial charge in [-0.2, -0.15) is 0 Å². The van der Waals surface area contributed by atoms with Crippen molar-refractivity contribution >= 4 is 5.78 Å². The molecule has 1 aliphatic rings. The summed E-state index contributed by atoms with van der Waals surface area (Å²) >= 11 is 0. The summed E-state index contributed by atoms with van der Waals surface area (Å²) in [6.07, 6.45) is 0.00900. The van der Waals surface area contributed by atoms with Gasteiger partial charge in [0.1, 0.15) is 22.8 Å². The van der Waals surface area contributed by atoms with Crippen LogP contribution < -0.4 is 4.74 Å². The topological polar surface area (TPSA) is 87.0 Å². The Bertz CT molecular complexity index is 690. The first-order valence-corrected chi connectivity index (χ1v) is 5.64. The van der Waals surface area contributed by atoms with Crippen LogP contribution in [0.25, 0.3) is 0 Å². The molecular formula is C14H10O5. The molecule has 0 aromatic heterocycles. The first kappa shape index (κ1) is 11.4. The standard InChI is InChI=1S/C14H10O5/c15-8-5-11(18)13-10(17)4-7-2-1-3-9(16)14(7)19-12(13)6-8/h1-3,5-6,15-16,18H,4H2. The third kappa shape index (κ3) is 1.76. The monoisotopic (exact) mass is 258 g/mol. The van der Waals surface area contributed by atoms with E-state index < -0.39 is 0 Å². The average Bonchev–Trinajstić information content (AvgIpc) is 2.46. The van der Waals surface area contributed by atoms with Crippen LogP contribution in [-0.2, 0) is 6.42 Å². The molecule has 0 spiro atoms. The number of hydrogen-bond donors (Lipinski definition) is 3. The van der Waals surface area contributed by atoms with E-state index in [1.807, 2.05) is 0 Å². The number of phenolic OH excluding ortho intramolecular Hbond substituents is 3. The number of hydrogen-bond acceptors (Lipinski definition) is 5. The number of para-hydroxylation sites is 1. The highest BCUT2D eigenvalue weighted by Crippen LogP contribution is 2.43. The number of Topliss-reactive ketones (excluding diaryl/α,β-unsaturated/α-hetero) is 1. The highest BCUT2D eigenvalue weighted by molar-refractivity contribution is 6.03. The molecule has 0 unspecified atom stereocenters. The van der Waals surface area contributed by atoms with E-state index in [2.05, 4.69) is 0 Å². The molecule has 5 nitrogen and oxygen atoms in total. The summed E-state index contributed by atoms with van der Waals surface area (Å²) in [4.78, 5) is 12.1. The molecule has 3 N–H and O–H groups in total. The lowest BCUT2D eigenvalue weighted by Gasteiger charge is -2.10. The molecule has 0 bridgehead atoms. The maximum absolute atomic E-state index is 12.1. The number of ether oxygens (including phenoxy) is 1. The molecule has 0 radical (unpaired) electrons. The zero-order chi connectivity index (χ0) is 13.6. The Hall–Kier alpha value is -2.69. The van der Waals surface area contributed by atoms with Crippen LogP contribution in [-0.4, -0.2) is 21.1 Å². The van der Waals surface area contributed by atoms with Crippen molar-refractivity contribution in [1.29, 1.82) is 0 Å². The molecule has 96 valence electrons. The van der Waals surface area contributed by atoms with Gasteiger partial charge in [0.2, 0.25) is 0 Å². The Morgan fingerprint density at radius 3 is 2.63 bits per heavy atom. The first-order chi connectivity index (χ1) is 9.06. The molecule has 3 rings (SSSR count). The number of benzene rings is 2. The van der Waals surface area contributed by atoms with E-state index >= 15 is 0 Å². The van der Waals surface area contributed by atoms with Crippen molar-refractivity contribution in [2.24, 2.45) is 0 Å². The predicted molar refractivity (Wildman–Crippen MR) is 66.0 cm³/mol. The second-order valence-electron chi connectivity index (χ2n) is 4.31. The van der Waals surface area contributed by atoms with Crippen LogP contribution >= 0.6 is 0 Å². The van der Waals surface area contributed by atoms with Gasteiger partial charge in [-0.05, 0) is 6.07 Å². The number of rotatable bonds is 0. The number of fused-ring (bicyclic) bond motifs is 2. The molecule has 1 heterocycles. The van der Waals surface area contributed by atoms with E-state index in [0.29, 0.717) is 5.56 Å². The number of carbonyl (C=O) groups excluding carboxylic acids is 1. The molecule has 0 amide bonds. The summed E-state index contributed by atoms with van der Waals surface area (Å²) in [6.45, 7) is 0. The van der Waals surface area contributed by atoms with Crippen LogP contribution in [0.3, 0.4) is 0 Å². The lowest BCUT2D eigenvalue weighted by Crippen LogP contribution is -2.02. The van der Waals surface area contributed by atoms with Crippen LogP contribution in [0.2, 0.25) is 0 Å². The van der Waals surface area contributed by atoms with Gasteiger partial charge in [0.15, 0.2) is 17.3 Å². The minimum Gasteiger partial charge on any atom is -0.508 e. The molecule has 0 atom stereocenters. The number of phenols is 3. The van der Waals surface area contributed by atoms with Crippen molar-refractivity contribution in [3.05, 3.63) is 41.5 Å². The van der Waals surface area contributed by atoms with Crippen molar-refractivity contribution in [2.75, 3.05) is 0 Å². The smallest absolute Gasteiger partial charge is 0.174 e. The van der Waals surface area contributed by atoms with Gasteiger partial charge in [0, 0.05) is 24.1 Å². The fourth-order valence-electron chi connectivity index (χ4n) is 2.15. The SMILES string of the molecule is O=C1Cc2cccc(O)c2Oc2cc(O)cc(O)c21. The van der Waals surface area contributed by atoms with Crippen molar-refractivity contribution in [1.82, 2.24) is 0 Å². The van der Waals surface area contributed by atoms with Crippen molar-refractivity contribution < 1.29 is 24.9 Å². The highest BCUT2D eigenvalue weighted by atomic mass is 16.5. The van der Waals surface area contributed by atoms with E-state index in [0.717, 1.165) is 6.07 Å². The average molecular weight is 258 g/mol. The third-order valence-electron chi connectivity index (χ3n) is 2.98. The van der Waals surface area contributed by atoms with Gasteiger partial charge in [-0.1, -0.05) is 12.1 Å². The van der Waals surface area contributed by atoms with E-state index in [9.17, 15) is 20.1 Å². The molecule has 0 aliphatic carbocycles. The van der Waals surface area contributed by atoms with E-state index in [4.69, 9.17) is 4.74 Å². The van der Waals surface area contributed by atoms with Gasteiger partial charge < -0.3 is 20.1 Å². The lowest BCUT2D eigenvalue weighted by atomic mass is 10.0. The molecule has 0 saturated heterocycles. The Kier molecular flexibility index (Phi) is 2.35. The molecule has 2 aromatic carbocycles. The third-order valence-corrected chi connectivity index (χ3v) is 2.98. The maximum Gasteiger partial charge on any atom is 0.174 e. The van der Waals surface area contributed by atoms with Crippen LogP contribution in [0.1, 0.15) is 15.9 Å². The molecule has 19 heavy (non-hydrogen) atoms. The lowest BCUT2D eigenvalue weighted by molar-refractivity contribution is 0.0991. The van der Waals surface area contributed by atoms with Gasteiger partial charge >= 0.3 is 0 Å². The second-order valence-corrected chi connectivity index (χ2v) is 4.31. The summed E-state index contributed by atoms with van der Waals surface area (Å²) in [5.74, 6) is -0.796. The quantitative estimate of drug-likeness (QED) is 0.675. The first-order valence-electron chi connectivity index (χ1n) is 5.64. The fourth-order valence-corrected chi connectivity index (χ4v) is 2.15. The Morgan fingerprint density at radius 1 is 1.05 bits per heavy atom. The van der Waals surface area contributed by atoms with Crippen molar-refractivity contribution in [2.45, 2.75) is 6.42 Å². The van der Waals surface area contributed by atoms with E-state index in [-0.39, 0.29) is 46.5 Å². The van der Waals surface area contributed by atoms with E-state index in [1.54, 1.807) is 12.1 Å². The van der Waals surface area contributed by atoms with Crippen molar-refractivity contribution in [3.63, 3.8) is 0 Å². The van der Waals surface area contributed by atoms with Gasteiger partial charge in [-0.3, -0.25) is 4.79 Å². The van der Waals surface area contributed by atoms with Gasteiger partial charge in [0.05, 0.1) is 0 Å². The molecule has 5 heteroatoms. The fraction of sp³-hybridized carbons (Fsp3) is 0.0714. The molecule has 0 saturated carbocycles. The summed E-state index contributed by atoms with van der Waals surface area (Å²) < 4.78 is 5.47. The predicted octanol–water partition coefficient (Wildman–Crippen LogP) is 2.33. The number of aromatic hydroxyl groups is 3. The number of ketones is 1. The minimum atomic E-state index is -0.340. The summed E-state index contributed by atoms with van der Waals surface area (Å²) in [5, 5.41) is 29.0. The van der Waals surface area contributed by atoms with Crippen molar-refractivity contribution in [3.8, 4) is 28.7 Å². The zero-order valence-corrected chi connectivity index (χ0v) is 9.75. The summed E-state index contributed by atoms with van der Waals surface area (Å²) in [7, 11) is 0. The van der Waals surface area contributed by atoms with Gasteiger partial charge in [0.25, 0.3) is 0 Å². The van der Waals surface area contributed by atoms with Crippen LogP contribution in [0.5, 0.6) is 28.7 Å². The van der Waals surface area contributed by atoms with Gasteiger partial charge in [-0.25, -0.2) is 0 Å². The molecule has 1 aliphatic heterocycles. The zero-order valence-electron chi connectivity index (χ0n) is 9.75. The molecule has 2 aromatic rings. The maximum atomic E-state index is 12.1. The normalized spacial score (nSPS) is 13.2. The van der Waals surface area contributed by atoms with E-state index in [1.165, 1.54) is 12.1 Å². The summed E-state index contributed by atoms with van der Waals surface area (Å²) in [5.41, 5.74) is 0.536. The second kappa shape index (κ2) is 3.91. The molecular weight excluding hydrogens is 248 g/mol. The minimum absolute atomic E-state index is 0.00778. The molecule has 0 fully saturated rings. The largest absolute Gasteiger partial charge is 0.508 e. The van der Waals surface area contributed by atoms with Crippen LogP contribution in [0.15, 0.2) is 30.3 Å². The van der Waals surface area contributed by atoms with Gasteiger partial charge in [-0.15, -0.1) is 0 Å². The Balaban J connectivity index is 2.25. The number of carbonyl (C=O) groups is 1. The van der Waals surface area contributed by atoms with Crippen LogP contribution in [0.4, 0.5) is 0 Å². The Morgan fingerprint density at radius 2 is 1.84 bits per heavy atom. The van der Waals surface area contributed by atoms with Crippen LogP contribution in [0, 0.1) is 0 Å². The highest BCUT2D eigenvalue weighted by Gasteiger charge is 2.26.